The molecule has 0 spiro atoms. The molecule has 1 amide bonds. The highest BCUT2D eigenvalue weighted by molar-refractivity contribution is 6.32. The second kappa shape index (κ2) is 14.1. The fraction of sp³-hybridized carbons (Fsp3) is 0.480. The van der Waals surface area contributed by atoms with E-state index in [4.69, 9.17) is 27.9 Å². The third-order valence-corrected chi connectivity index (χ3v) is 5.22. The van der Waals surface area contributed by atoms with Gasteiger partial charge >= 0.3 is 0 Å². The number of aliphatic imine (C=N–C) groups is 1. The standard InChI is InChI=1S/C18H21Cl2N3O.C7H15NO/c1-12(2)23(13(3)4)11-22-18-9-16(20)17(10-21-18)24-15-7-5-14(19)6-8-15;1-6(2)8(5-9)7(3)4/h5-13H,1-4H3;5-7H,1-4H3. The Bertz CT molecular complexity index is 868. The zero-order valence-corrected chi connectivity index (χ0v) is 22.3. The van der Waals surface area contributed by atoms with Crippen LogP contribution in [0.3, 0.4) is 0 Å². The van der Waals surface area contributed by atoms with Gasteiger partial charge in [0.2, 0.25) is 6.41 Å². The zero-order chi connectivity index (χ0) is 25.1. The summed E-state index contributed by atoms with van der Waals surface area (Å²) in [4.78, 5) is 22.9. The minimum absolute atomic E-state index is 0.322. The molecule has 0 unspecified atom stereocenters. The van der Waals surface area contributed by atoms with Gasteiger partial charge in [-0.05, 0) is 79.7 Å². The number of nitrogens with zero attached hydrogens (tertiary/aromatic N) is 4. The van der Waals surface area contributed by atoms with Crippen molar-refractivity contribution in [1.82, 2.24) is 14.8 Å². The summed E-state index contributed by atoms with van der Waals surface area (Å²) < 4.78 is 5.71. The van der Waals surface area contributed by atoms with Crippen molar-refractivity contribution in [3.8, 4) is 11.5 Å². The van der Waals surface area contributed by atoms with Crippen molar-refractivity contribution in [3.05, 3.63) is 46.6 Å². The Labute approximate surface area is 208 Å². The molecular formula is C25H36Cl2N4O2. The molecule has 0 aliphatic rings. The van der Waals surface area contributed by atoms with Crippen molar-refractivity contribution in [1.29, 1.82) is 0 Å². The van der Waals surface area contributed by atoms with Crippen LogP contribution in [0.1, 0.15) is 55.4 Å². The van der Waals surface area contributed by atoms with E-state index in [-0.39, 0.29) is 0 Å². The molecule has 0 bridgehead atoms. The smallest absolute Gasteiger partial charge is 0.210 e. The van der Waals surface area contributed by atoms with Gasteiger partial charge in [-0.1, -0.05) is 23.2 Å². The van der Waals surface area contributed by atoms with Crippen LogP contribution in [-0.2, 0) is 4.79 Å². The molecule has 0 fully saturated rings. The van der Waals surface area contributed by atoms with Crippen molar-refractivity contribution in [3.63, 3.8) is 0 Å². The van der Waals surface area contributed by atoms with Crippen LogP contribution in [0.2, 0.25) is 10.0 Å². The number of carbonyl (C=O) groups excluding carboxylic acids is 1. The number of hydrogen-bond donors (Lipinski definition) is 0. The van der Waals surface area contributed by atoms with E-state index < -0.39 is 0 Å². The summed E-state index contributed by atoms with van der Waals surface area (Å²) >= 11 is 12.1. The summed E-state index contributed by atoms with van der Waals surface area (Å²) in [7, 11) is 0. The maximum atomic E-state index is 10.3. The number of carbonyl (C=O) groups is 1. The average molecular weight is 495 g/mol. The molecule has 33 heavy (non-hydrogen) atoms. The van der Waals surface area contributed by atoms with Crippen LogP contribution in [-0.4, -0.2) is 51.7 Å². The summed E-state index contributed by atoms with van der Waals surface area (Å²) in [6.07, 6.45) is 4.27. The molecule has 1 aromatic heterocycles. The van der Waals surface area contributed by atoms with Crippen LogP contribution in [0, 0.1) is 0 Å². The monoisotopic (exact) mass is 494 g/mol. The lowest BCUT2D eigenvalue weighted by molar-refractivity contribution is -0.121. The number of rotatable bonds is 9. The van der Waals surface area contributed by atoms with Gasteiger partial charge in [0, 0.05) is 35.3 Å². The Balaban J connectivity index is 0.000000513. The molecule has 6 nitrogen and oxygen atoms in total. The Morgan fingerprint density at radius 2 is 1.39 bits per heavy atom. The second-order valence-corrected chi connectivity index (χ2v) is 9.49. The number of pyridine rings is 1. The molecule has 0 atom stereocenters. The first kappa shape index (κ1) is 28.7. The maximum Gasteiger partial charge on any atom is 0.210 e. The number of aromatic nitrogens is 1. The SMILES string of the molecule is CC(C)N(C=Nc1cc(Cl)c(Oc2ccc(Cl)cc2)cn1)C(C)C.CC(C)N(C=O)C(C)C. The lowest BCUT2D eigenvalue weighted by Crippen LogP contribution is -2.35. The summed E-state index contributed by atoms with van der Waals surface area (Å²) in [5, 5.41) is 1.10. The van der Waals surface area contributed by atoms with Gasteiger partial charge in [0.1, 0.15) is 5.75 Å². The van der Waals surface area contributed by atoms with E-state index in [0.29, 0.717) is 51.5 Å². The highest BCUT2D eigenvalue weighted by Crippen LogP contribution is 2.31. The van der Waals surface area contributed by atoms with Gasteiger partial charge in [0.05, 0.1) is 17.6 Å². The van der Waals surface area contributed by atoms with Crippen molar-refractivity contribution in [2.45, 2.75) is 79.6 Å². The van der Waals surface area contributed by atoms with Gasteiger partial charge in [-0.2, -0.15) is 0 Å². The quantitative estimate of drug-likeness (QED) is 0.209. The first-order valence-corrected chi connectivity index (χ1v) is 11.8. The number of hydrogen-bond acceptors (Lipinski definition) is 4. The van der Waals surface area contributed by atoms with Gasteiger partial charge in [0.25, 0.3) is 0 Å². The Morgan fingerprint density at radius 1 is 0.879 bits per heavy atom. The predicted octanol–water partition coefficient (Wildman–Crippen LogP) is 7.22. The molecule has 2 rings (SSSR count). The van der Waals surface area contributed by atoms with Crippen LogP contribution < -0.4 is 4.74 Å². The van der Waals surface area contributed by atoms with E-state index in [2.05, 4.69) is 42.6 Å². The largest absolute Gasteiger partial charge is 0.454 e. The molecule has 0 radical (unpaired) electrons. The third-order valence-electron chi connectivity index (χ3n) is 4.68. The van der Waals surface area contributed by atoms with Crippen LogP contribution in [0.4, 0.5) is 5.82 Å². The molecule has 1 aromatic carbocycles. The van der Waals surface area contributed by atoms with Crippen LogP contribution in [0.5, 0.6) is 11.5 Å². The maximum absolute atomic E-state index is 10.3. The van der Waals surface area contributed by atoms with E-state index in [1.807, 2.05) is 27.7 Å². The summed E-state index contributed by atoms with van der Waals surface area (Å²) in [5.74, 6) is 1.66. The number of halogens is 2. The molecule has 0 aliphatic carbocycles. The fourth-order valence-electron chi connectivity index (χ4n) is 3.01. The molecule has 182 valence electrons. The molecular weight excluding hydrogens is 459 g/mol. The Kier molecular flexibility index (Phi) is 12.2. The minimum atomic E-state index is 0.322. The molecule has 2 aromatic rings. The van der Waals surface area contributed by atoms with Gasteiger partial charge < -0.3 is 14.5 Å². The van der Waals surface area contributed by atoms with E-state index in [1.54, 1.807) is 47.8 Å². The van der Waals surface area contributed by atoms with E-state index in [1.165, 1.54) is 0 Å². The van der Waals surface area contributed by atoms with Crippen molar-refractivity contribution < 1.29 is 9.53 Å². The summed E-state index contributed by atoms with van der Waals surface area (Å²) in [6.45, 7) is 16.5. The Hall–Kier alpha value is -2.31. The number of benzene rings is 1. The highest BCUT2D eigenvalue weighted by atomic mass is 35.5. The van der Waals surface area contributed by atoms with Crippen LogP contribution in [0.15, 0.2) is 41.5 Å². The summed E-state index contributed by atoms with van der Waals surface area (Å²) in [6, 6.07) is 10.1. The first-order chi connectivity index (χ1) is 15.5. The first-order valence-electron chi connectivity index (χ1n) is 11.1. The lowest BCUT2D eigenvalue weighted by atomic mass is 10.2. The normalized spacial score (nSPS) is 11.2. The number of ether oxygens (including phenoxy) is 1. The zero-order valence-electron chi connectivity index (χ0n) is 20.8. The summed E-state index contributed by atoms with van der Waals surface area (Å²) in [5.41, 5.74) is 0. The lowest BCUT2D eigenvalue weighted by Gasteiger charge is -2.27. The predicted molar refractivity (Wildman–Crippen MR) is 139 cm³/mol. The minimum Gasteiger partial charge on any atom is -0.454 e. The van der Waals surface area contributed by atoms with E-state index in [0.717, 1.165) is 6.41 Å². The average Bonchev–Trinajstić information content (AvgIpc) is 2.71. The third kappa shape index (κ3) is 10.0. The Morgan fingerprint density at radius 3 is 1.79 bits per heavy atom. The topological polar surface area (TPSA) is 58.0 Å². The van der Waals surface area contributed by atoms with Gasteiger partial charge in [-0.25, -0.2) is 9.98 Å². The van der Waals surface area contributed by atoms with Gasteiger partial charge in [-0.3, -0.25) is 4.79 Å². The molecule has 0 N–H and O–H groups in total. The molecule has 0 saturated carbocycles. The van der Waals surface area contributed by atoms with E-state index >= 15 is 0 Å². The van der Waals surface area contributed by atoms with Gasteiger partial charge in [-0.15, -0.1) is 0 Å². The highest BCUT2D eigenvalue weighted by Gasteiger charge is 2.10. The molecule has 1 heterocycles. The fourth-order valence-corrected chi connectivity index (χ4v) is 3.32. The molecule has 0 aliphatic heterocycles. The molecule has 8 heteroatoms. The van der Waals surface area contributed by atoms with Crippen molar-refractivity contribution >= 4 is 41.8 Å². The van der Waals surface area contributed by atoms with Crippen LogP contribution in [0.25, 0.3) is 0 Å². The number of amides is 1. The van der Waals surface area contributed by atoms with Crippen molar-refractivity contribution in [2.75, 3.05) is 0 Å². The van der Waals surface area contributed by atoms with E-state index in [9.17, 15) is 4.79 Å². The van der Waals surface area contributed by atoms with Crippen molar-refractivity contribution in [2.24, 2.45) is 4.99 Å². The van der Waals surface area contributed by atoms with Gasteiger partial charge in [0.15, 0.2) is 11.6 Å². The van der Waals surface area contributed by atoms with Crippen LogP contribution >= 0.6 is 23.2 Å². The molecule has 0 saturated heterocycles. The second-order valence-electron chi connectivity index (χ2n) is 8.65.